The van der Waals surface area contributed by atoms with Crippen LogP contribution >= 0.6 is 0 Å². The summed E-state index contributed by atoms with van der Waals surface area (Å²) in [6.45, 7) is 6.83. The van der Waals surface area contributed by atoms with Crippen LogP contribution in [-0.4, -0.2) is 44.7 Å². The largest absolute Gasteiger partial charge is 0.465 e. The zero-order chi connectivity index (χ0) is 16.6. The Morgan fingerprint density at radius 1 is 1.39 bits per heavy atom. The SMILES string of the molecule is CC(C)(C)C1CC(Nc2nc3ccccc3[nH]2)CCN1C(=O)O. The minimum atomic E-state index is -0.827. The zero-order valence-electron chi connectivity index (χ0n) is 13.8. The standard InChI is InChI=1S/C17H24N4O2/c1-17(2,3)14-10-11(8-9-21(14)16(22)23)18-15-19-12-6-4-5-7-13(12)20-15/h4-7,11,14H,8-10H2,1-3H3,(H,22,23)(H2,18,19,20). The van der Waals surface area contributed by atoms with Crippen molar-refractivity contribution >= 4 is 23.1 Å². The van der Waals surface area contributed by atoms with Gasteiger partial charge in [0.15, 0.2) is 0 Å². The quantitative estimate of drug-likeness (QED) is 0.791. The van der Waals surface area contributed by atoms with Gasteiger partial charge in [0.25, 0.3) is 0 Å². The van der Waals surface area contributed by atoms with Crippen LogP contribution in [0.4, 0.5) is 10.7 Å². The lowest BCUT2D eigenvalue weighted by Crippen LogP contribution is -2.54. The molecule has 0 aliphatic carbocycles. The average molecular weight is 316 g/mol. The molecule has 0 radical (unpaired) electrons. The number of amides is 1. The molecule has 1 aliphatic heterocycles. The maximum atomic E-state index is 11.5. The van der Waals surface area contributed by atoms with Crippen LogP contribution in [0.5, 0.6) is 0 Å². The van der Waals surface area contributed by atoms with Gasteiger partial charge in [0.2, 0.25) is 5.95 Å². The van der Waals surface area contributed by atoms with Crippen LogP contribution in [-0.2, 0) is 0 Å². The Hall–Kier alpha value is -2.24. The number of H-pyrrole nitrogens is 1. The van der Waals surface area contributed by atoms with Crippen LogP contribution in [0.2, 0.25) is 0 Å². The predicted molar refractivity (Wildman–Crippen MR) is 90.7 cm³/mol. The monoisotopic (exact) mass is 316 g/mol. The first-order chi connectivity index (χ1) is 10.8. The number of benzene rings is 1. The molecule has 1 aliphatic rings. The Balaban J connectivity index is 1.75. The molecule has 23 heavy (non-hydrogen) atoms. The van der Waals surface area contributed by atoms with Crippen LogP contribution in [0.25, 0.3) is 11.0 Å². The second kappa shape index (κ2) is 5.76. The lowest BCUT2D eigenvalue weighted by atomic mass is 9.79. The highest BCUT2D eigenvalue weighted by Crippen LogP contribution is 2.33. The minimum absolute atomic E-state index is 0.00405. The van der Waals surface area contributed by atoms with E-state index in [9.17, 15) is 9.90 Å². The van der Waals surface area contributed by atoms with Crippen molar-refractivity contribution in [3.8, 4) is 0 Å². The number of nitrogens with zero attached hydrogens (tertiary/aromatic N) is 2. The van der Waals surface area contributed by atoms with Crippen LogP contribution in [0.3, 0.4) is 0 Å². The number of aromatic amines is 1. The Kier molecular flexibility index (Phi) is 3.92. The molecule has 1 fully saturated rings. The van der Waals surface area contributed by atoms with Gasteiger partial charge in [0.1, 0.15) is 0 Å². The third-order valence-corrected chi connectivity index (χ3v) is 4.58. The number of imidazole rings is 1. The summed E-state index contributed by atoms with van der Waals surface area (Å²) in [5.41, 5.74) is 1.85. The number of likely N-dealkylation sites (tertiary alicyclic amines) is 1. The molecular formula is C17H24N4O2. The van der Waals surface area contributed by atoms with Gasteiger partial charge >= 0.3 is 6.09 Å². The Morgan fingerprint density at radius 3 is 2.78 bits per heavy atom. The fourth-order valence-electron chi connectivity index (χ4n) is 3.36. The number of hydrogen-bond donors (Lipinski definition) is 3. The van der Waals surface area contributed by atoms with E-state index in [1.54, 1.807) is 4.90 Å². The third-order valence-electron chi connectivity index (χ3n) is 4.58. The molecule has 0 bridgehead atoms. The van der Waals surface area contributed by atoms with Crippen LogP contribution in [0.15, 0.2) is 24.3 Å². The second-order valence-electron chi connectivity index (χ2n) is 7.33. The summed E-state index contributed by atoms with van der Waals surface area (Å²) in [6, 6.07) is 8.13. The molecular weight excluding hydrogens is 292 g/mol. The van der Waals surface area contributed by atoms with Gasteiger partial charge in [-0.05, 0) is 30.4 Å². The van der Waals surface area contributed by atoms with E-state index in [1.165, 1.54) is 0 Å². The lowest BCUT2D eigenvalue weighted by molar-refractivity contribution is 0.0557. The molecule has 2 heterocycles. The molecule has 6 nitrogen and oxygen atoms in total. The highest BCUT2D eigenvalue weighted by molar-refractivity contribution is 5.77. The van der Waals surface area contributed by atoms with Gasteiger partial charge in [-0.15, -0.1) is 0 Å². The smallest absolute Gasteiger partial charge is 0.407 e. The van der Waals surface area contributed by atoms with E-state index in [1.807, 2.05) is 24.3 Å². The van der Waals surface area contributed by atoms with Crippen molar-refractivity contribution < 1.29 is 9.90 Å². The van der Waals surface area contributed by atoms with Gasteiger partial charge in [-0.3, -0.25) is 0 Å². The molecule has 3 rings (SSSR count). The van der Waals surface area contributed by atoms with E-state index in [-0.39, 0.29) is 17.5 Å². The number of hydrogen-bond acceptors (Lipinski definition) is 3. The zero-order valence-corrected chi connectivity index (χ0v) is 13.8. The first-order valence-corrected chi connectivity index (χ1v) is 8.05. The van der Waals surface area contributed by atoms with Crippen molar-refractivity contribution in [2.75, 3.05) is 11.9 Å². The number of para-hydroxylation sites is 2. The molecule has 1 aromatic carbocycles. The summed E-state index contributed by atoms with van der Waals surface area (Å²) >= 11 is 0. The van der Waals surface area contributed by atoms with Gasteiger partial charge in [-0.2, -0.15) is 0 Å². The maximum absolute atomic E-state index is 11.5. The van der Waals surface area contributed by atoms with E-state index in [4.69, 9.17) is 0 Å². The van der Waals surface area contributed by atoms with E-state index in [0.29, 0.717) is 6.54 Å². The molecule has 0 spiro atoms. The second-order valence-corrected chi connectivity index (χ2v) is 7.33. The Labute approximate surface area is 135 Å². The Morgan fingerprint density at radius 2 is 2.13 bits per heavy atom. The minimum Gasteiger partial charge on any atom is -0.465 e. The predicted octanol–water partition coefficient (Wildman–Crippen LogP) is 3.53. The topological polar surface area (TPSA) is 81.2 Å². The number of rotatable bonds is 2. The fraction of sp³-hybridized carbons (Fsp3) is 0.529. The van der Waals surface area contributed by atoms with Crippen molar-refractivity contribution in [2.24, 2.45) is 5.41 Å². The summed E-state index contributed by atoms with van der Waals surface area (Å²) in [7, 11) is 0. The fourth-order valence-corrected chi connectivity index (χ4v) is 3.36. The molecule has 1 saturated heterocycles. The number of nitrogens with one attached hydrogen (secondary N) is 2. The van der Waals surface area contributed by atoms with Crippen LogP contribution < -0.4 is 5.32 Å². The summed E-state index contributed by atoms with van der Waals surface area (Å²) in [5.74, 6) is 0.757. The van der Waals surface area contributed by atoms with Crippen molar-refractivity contribution in [2.45, 2.75) is 45.7 Å². The first kappa shape index (κ1) is 15.6. The summed E-state index contributed by atoms with van der Waals surface area (Å²) in [6.07, 6.45) is 0.745. The number of anilines is 1. The van der Waals surface area contributed by atoms with Crippen LogP contribution in [0.1, 0.15) is 33.6 Å². The van der Waals surface area contributed by atoms with Crippen LogP contribution in [0, 0.1) is 5.41 Å². The lowest BCUT2D eigenvalue weighted by Gasteiger charge is -2.44. The van der Waals surface area contributed by atoms with Crippen molar-refractivity contribution in [3.05, 3.63) is 24.3 Å². The molecule has 0 saturated carbocycles. The van der Waals surface area contributed by atoms with E-state index < -0.39 is 6.09 Å². The van der Waals surface area contributed by atoms with Gasteiger partial charge in [0, 0.05) is 18.6 Å². The van der Waals surface area contributed by atoms with Crippen molar-refractivity contribution in [1.82, 2.24) is 14.9 Å². The molecule has 1 aromatic heterocycles. The highest BCUT2D eigenvalue weighted by atomic mass is 16.4. The number of fused-ring (bicyclic) bond motifs is 1. The first-order valence-electron chi connectivity index (χ1n) is 8.05. The number of carboxylic acid groups (broad SMARTS) is 1. The van der Waals surface area contributed by atoms with Crippen molar-refractivity contribution in [3.63, 3.8) is 0 Å². The summed E-state index contributed by atoms with van der Waals surface area (Å²) in [5, 5.41) is 12.9. The molecule has 2 unspecified atom stereocenters. The third kappa shape index (κ3) is 3.25. The number of carbonyl (C=O) groups is 1. The summed E-state index contributed by atoms with van der Waals surface area (Å²) < 4.78 is 0. The average Bonchev–Trinajstić information content (AvgIpc) is 2.88. The highest BCUT2D eigenvalue weighted by Gasteiger charge is 2.38. The molecule has 3 N–H and O–H groups in total. The van der Waals surface area contributed by atoms with E-state index >= 15 is 0 Å². The van der Waals surface area contributed by atoms with Gasteiger partial charge in [0.05, 0.1) is 11.0 Å². The normalized spacial score (nSPS) is 22.3. The maximum Gasteiger partial charge on any atom is 0.407 e. The van der Waals surface area contributed by atoms with Gasteiger partial charge in [-0.1, -0.05) is 32.9 Å². The number of aromatic nitrogens is 2. The molecule has 2 atom stereocenters. The van der Waals surface area contributed by atoms with Gasteiger partial charge < -0.3 is 20.3 Å². The number of piperidine rings is 1. The molecule has 6 heteroatoms. The van der Waals surface area contributed by atoms with Crippen molar-refractivity contribution in [1.29, 1.82) is 0 Å². The molecule has 1 amide bonds. The summed E-state index contributed by atoms with van der Waals surface area (Å²) in [4.78, 5) is 20.9. The molecule has 2 aromatic rings. The van der Waals surface area contributed by atoms with E-state index in [0.717, 1.165) is 29.8 Å². The molecule has 124 valence electrons. The van der Waals surface area contributed by atoms with E-state index in [2.05, 4.69) is 36.1 Å². The van der Waals surface area contributed by atoms with Gasteiger partial charge in [-0.25, -0.2) is 9.78 Å². The Bertz CT molecular complexity index is 671.